The second kappa shape index (κ2) is 8.80. The number of benzene rings is 2. The van der Waals surface area contributed by atoms with E-state index in [2.05, 4.69) is 31.0 Å². The summed E-state index contributed by atoms with van der Waals surface area (Å²) < 4.78 is 0. The normalized spacial score (nSPS) is 10.9. The molecule has 0 aliphatic heterocycles. The van der Waals surface area contributed by atoms with Crippen LogP contribution in [-0.4, -0.2) is 23.4 Å². The molecule has 0 saturated carbocycles. The third-order valence-corrected chi connectivity index (χ3v) is 3.96. The number of nitrogens with one attached hydrogen (secondary N) is 1. The summed E-state index contributed by atoms with van der Waals surface area (Å²) in [5.74, 6) is -0.257. The molecule has 6 nitrogen and oxygen atoms in total. The maximum absolute atomic E-state index is 12.0. The molecule has 136 valence electrons. The fraction of sp³-hybridized carbons (Fsp3) is 0.250. The number of carbonyl (C=O) groups excluding carboxylic acids is 1. The molecule has 6 heteroatoms. The van der Waals surface area contributed by atoms with Crippen LogP contribution in [0.25, 0.3) is 6.08 Å². The van der Waals surface area contributed by atoms with E-state index in [4.69, 9.17) is 0 Å². The predicted octanol–water partition coefficient (Wildman–Crippen LogP) is 4.48. The molecule has 2 rings (SSSR count). The molecule has 1 N–H and O–H groups in total. The Balaban J connectivity index is 1.97. The van der Waals surface area contributed by atoms with Gasteiger partial charge in [-0.05, 0) is 68.8 Å². The molecule has 0 atom stereocenters. The molecular formula is C20H23N3O3. The van der Waals surface area contributed by atoms with Crippen LogP contribution in [0, 0.1) is 10.1 Å². The molecule has 0 spiro atoms. The van der Waals surface area contributed by atoms with Crippen molar-refractivity contribution in [1.82, 2.24) is 0 Å². The number of amides is 1. The number of anilines is 2. The zero-order valence-corrected chi connectivity index (χ0v) is 15.2. The molecule has 2 aromatic rings. The molecule has 26 heavy (non-hydrogen) atoms. The number of carbonyl (C=O) groups is 1. The Kier molecular flexibility index (Phi) is 6.49. The lowest BCUT2D eigenvalue weighted by molar-refractivity contribution is -0.384. The van der Waals surface area contributed by atoms with E-state index in [0.29, 0.717) is 11.7 Å². The Morgan fingerprint density at radius 2 is 1.77 bits per heavy atom. The van der Waals surface area contributed by atoms with Gasteiger partial charge in [0.1, 0.15) is 0 Å². The largest absolute Gasteiger partial charge is 0.369 e. The van der Waals surface area contributed by atoms with Crippen molar-refractivity contribution >= 4 is 29.0 Å². The number of nitro benzene ring substituents is 1. The van der Waals surface area contributed by atoms with E-state index in [1.54, 1.807) is 18.2 Å². The maximum atomic E-state index is 12.0. The first-order chi connectivity index (χ1) is 12.4. The van der Waals surface area contributed by atoms with Gasteiger partial charge in [-0.1, -0.05) is 0 Å². The Hall–Kier alpha value is -3.15. The second-order valence-corrected chi connectivity index (χ2v) is 6.10. The Morgan fingerprint density at radius 3 is 2.27 bits per heavy atom. The standard InChI is InChI=1S/C20H23N3O3/c1-4-22(15(2)3)18-12-8-17(9-13-18)21-20(24)14-7-16-5-10-19(11-6-16)23(25)26/h5-15H,4H2,1-3H3,(H,21,24)/b14-7+. The van der Waals surface area contributed by atoms with Crippen molar-refractivity contribution in [2.75, 3.05) is 16.8 Å². The van der Waals surface area contributed by atoms with Crippen LogP contribution in [-0.2, 0) is 4.79 Å². The van der Waals surface area contributed by atoms with Crippen molar-refractivity contribution in [3.63, 3.8) is 0 Å². The summed E-state index contributed by atoms with van der Waals surface area (Å²) >= 11 is 0. The molecule has 1 amide bonds. The summed E-state index contributed by atoms with van der Waals surface area (Å²) in [6.45, 7) is 7.31. The van der Waals surface area contributed by atoms with Crippen LogP contribution in [0.2, 0.25) is 0 Å². The molecule has 0 aliphatic carbocycles. The molecule has 0 saturated heterocycles. The Labute approximate surface area is 153 Å². The minimum absolute atomic E-state index is 0.0224. The first-order valence-corrected chi connectivity index (χ1v) is 8.51. The smallest absolute Gasteiger partial charge is 0.269 e. The van der Waals surface area contributed by atoms with Gasteiger partial charge in [-0.3, -0.25) is 14.9 Å². The number of hydrogen-bond acceptors (Lipinski definition) is 4. The van der Waals surface area contributed by atoms with Crippen LogP contribution < -0.4 is 10.2 Å². The average Bonchev–Trinajstić information content (AvgIpc) is 2.62. The minimum atomic E-state index is -0.456. The second-order valence-electron chi connectivity index (χ2n) is 6.10. The van der Waals surface area contributed by atoms with E-state index in [0.717, 1.165) is 17.8 Å². The molecular weight excluding hydrogens is 330 g/mol. The lowest BCUT2D eigenvalue weighted by Crippen LogP contribution is -2.30. The topological polar surface area (TPSA) is 75.5 Å². The number of hydrogen-bond donors (Lipinski definition) is 1. The molecule has 0 fully saturated rings. The lowest BCUT2D eigenvalue weighted by Gasteiger charge is -2.27. The van der Waals surface area contributed by atoms with Crippen LogP contribution >= 0.6 is 0 Å². The summed E-state index contributed by atoms with van der Waals surface area (Å²) in [5.41, 5.74) is 2.57. The minimum Gasteiger partial charge on any atom is -0.369 e. The van der Waals surface area contributed by atoms with Crippen LogP contribution in [0.15, 0.2) is 54.6 Å². The van der Waals surface area contributed by atoms with Crippen LogP contribution in [0.5, 0.6) is 0 Å². The van der Waals surface area contributed by atoms with Gasteiger partial charge in [0.25, 0.3) is 5.69 Å². The first-order valence-electron chi connectivity index (χ1n) is 8.51. The number of rotatable bonds is 7. The fourth-order valence-corrected chi connectivity index (χ4v) is 2.65. The van der Waals surface area contributed by atoms with Gasteiger partial charge in [0.2, 0.25) is 5.91 Å². The van der Waals surface area contributed by atoms with E-state index in [1.165, 1.54) is 18.2 Å². The third-order valence-electron chi connectivity index (χ3n) is 3.96. The lowest BCUT2D eigenvalue weighted by atomic mass is 10.2. The van der Waals surface area contributed by atoms with E-state index in [9.17, 15) is 14.9 Å². The number of non-ortho nitro benzene ring substituents is 1. The SMILES string of the molecule is CCN(c1ccc(NC(=O)/C=C/c2ccc([N+](=O)[O-])cc2)cc1)C(C)C. The van der Waals surface area contributed by atoms with E-state index in [1.807, 2.05) is 24.3 Å². The molecule has 2 aromatic carbocycles. The van der Waals surface area contributed by atoms with Gasteiger partial charge < -0.3 is 10.2 Å². The number of nitrogens with zero attached hydrogens (tertiary/aromatic N) is 2. The zero-order valence-electron chi connectivity index (χ0n) is 15.2. The summed E-state index contributed by atoms with van der Waals surface area (Å²) in [7, 11) is 0. The van der Waals surface area contributed by atoms with Crippen molar-refractivity contribution in [2.24, 2.45) is 0 Å². The van der Waals surface area contributed by atoms with E-state index < -0.39 is 4.92 Å². The van der Waals surface area contributed by atoms with Crippen LogP contribution in [0.1, 0.15) is 26.3 Å². The predicted molar refractivity (Wildman–Crippen MR) is 105 cm³/mol. The van der Waals surface area contributed by atoms with Crippen molar-refractivity contribution < 1.29 is 9.72 Å². The summed E-state index contributed by atoms with van der Waals surface area (Å²) in [4.78, 5) is 24.5. The highest BCUT2D eigenvalue weighted by molar-refractivity contribution is 6.02. The van der Waals surface area contributed by atoms with Gasteiger partial charge in [0.05, 0.1) is 4.92 Å². The fourth-order valence-electron chi connectivity index (χ4n) is 2.65. The summed E-state index contributed by atoms with van der Waals surface area (Å²) in [6, 6.07) is 14.1. The molecule has 0 unspecified atom stereocenters. The molecule has 0 bridgehead atoms. The quantitative estimate of drug-likeness (QED) is 0.452. The first kappa shape index (κ1) is 19.2. The Bertz CT molecular complexity index is 781. The maximum Gasteiger partial charge on any atom is 0.269 e. The van der Waals surface area contributed by atoms with Gasteiger partial charge >= 0.3 is 0 Å². The van der Waals surface area contributed by atoms with E-state index >= 15 is 0 Å². The van der Waals surface area contributed by atoms with Crippen molar-refractivity contribution in [3.05, 3.63) is 70.3 Å². The van der Waals surface area contributed by atoms with Gasteiger partial charge in [0, 0.05) is 42.2 Å². The summed E-state index contributed by atoms with van der Waals surface area (Å²) in [6.07, 6.45) is 3.02. The molecule has 0 radical (unpaired) electrons. The summed E-state index contributed by atoms with van der Waals surface area (Å²) in [5, 5.41) is 13.4. The van der Waals surface area contributed by atoms with Crippen molar-refractivity contribution in [3.8, 4) is 0 Å². The van der Waals surface area contributed by atoms with Crippen molar-refractivity contribution in [2.45, 2.75) is 26.8 Å². The highest BCUT2D eigenvalue weighted by Crippen LogP contribution is 2.20. The van der Waals surface area contributed by atoms with Crippen molar-refractivity contribution in [1.29, 1.82) is 0 Å². The third kappa shape index (κ3) is 5.17. The van der Waals surface area contributed by atoms with Crippen LogP contribution in [0.4, 0.5) is 17.1 Å². The monoisotopic (exact) mass is 353 g/mol. The van der Waals surface area contributed by atoms with Crippen LogP contribution in [0.3, 0.4) is 0 Å². The van der Waals surface area contributed by atoms with Gasteiger partial charge in [-0.15, -0.1) is 0 Å². The van der Waals surface area contributed by atoms with Gasteiger partial charge in [-0.25, -0.2) is 0 Å². The number of nitro groups is 1. The molecule has 0 aliphatic rings. The van der Waals surface area contributed by atoms with E-state index in [-0.39, 0.29) is 11.6 Å². The van der Waals surface area contributed by atoms with Gasteiger partial charge in [-0.2, -0.15) is 0 Å². The highest BCUT2D eigenvalue weighted by Gasteiger charge is 2.08. The average molecular weight is 353 g/mol. The highest BCUT2D eigenvalue weighted by atomic mass is 16.6. The molecule has 0 aromatic heterocycles. The molecule has 0 heterocycles. The van der Waals surface area contributed by atoms with Gasteiger partial charge in [0.15, 0.2) is 0 Å². The Morgan fingerprint density at radius 1 is 1.15 bits per heavy atom. The zero-order chi connectivity index (χ0) is 19.1.